The zero-order chi connectivity index (χ0) is 15.2. The van der Waals surface area contributed by atoms with Gasteiger partial charge in [-0.25, -0.2) is 0 Å². The van der Waals surface area contributed by atoms with Crippen LogP contribution in [0.2, 0.25) is 5.02 Å². The molecule has 1 N–H and O–H groups in total. The second-order valence-corrected chi connectivity index (χ2v) is 5.69. The molecule has 2 aromatic rings. The molecule has 0 radical (unpaired) electrons. The fourth-order valence-electron chi connectivity index (χ4n) is 1.92. The van der Waals surface area contributed by atoms with E-state index < -0.39 is 0 Å². The van der Waals surface area contributed by atoms with E-state index in [0.717, 1.165) is 17.7 Å². The van der Waals surface area contributed by atoms with Gasteiger partial charge in [-0.15, -0.1) is 0 Å². The number of amides is 1. The first kappa shape index (κ1) is 15.9. The summed E-state index contributed by atoms with van der Waals surface area (Å²) in [7, 11) is 1.64. The highest BCUT2D eigenvalue weighted by Gasteiger charge is 2.11. The molecule has 3 nitrogen and oxygen atoms in total. The molecule has 1 amide bonds. The van der Waals surface area contributed by atoms with E-state index in [1.165, 1.54) is 0 Å². The van der Waals surface area contributed by atoms with Crippen molar-refractivity contribution in [2.45, 2.75) is 6.42 Å². The summed E-state index contributed by atoms with van der Waals surface area (Å²) in [5.74, 6) is 0.637. The highest BCUT2D eigenvalue weighted by Crippen LogP contribution is 2.25. The molecular weight excluding hydrogens is 354 g/mol. The summed E-state index contributed by atoms with van der Waals surface area (Å²) in [4.78, 5) is 12.1. The average Bonchev–Trinajstić information content (AvgIpc) is 2.50. The molecule has 0 unspecified atom stereocenters. The van der Waals surface area contributed by atoms with Crippen LogP contribution in [0.25, 0.3) is 0 Å². The predicted octanol–water partition coefficient (Wildman–Crippen LogP) is 4.08. The Morgan fingerprint density at radius 3 is 2.81 bits per heavy atom. The normalized spacial score (nSPS) is 10.2. The number of hydrogen-bond acceptors (Lipinski definition) is 2. The average molecular weight is 369 g/mol. The maximum atomic E-state index is 12.1. The van der Waals surface area contributed by atoms with E-state index in [0.29, 0.717) is 21.6 Å². The second-order valence-electron chi connectivity index (χ2n) is 4.46. The molecule has 110 valence electrons. The molecule has 2 aromatic carbocycles. The molecule has 0 aliphatic heterocycles. The topological polar surface area (TPSA) is 38.3 Å². The molecule has 0 aliphatic rings. The van der Waals surface area contributed by atoms with Gasteiger partial charge in [0.2, 0.25) is 0 Å². The lowest BCUT2D eigenvalue weighted by Gasteiger charge is -2.08. The highest BCUT2D eigenvalue weighted by molar-refractivity contribution is 9.10. The van der Waals surface area contributed by atoms with Gasteiger partial charge in [-0.3, -0.25) is 4.79 Å². The summed E-state index contributed by atoms with van der Waals surface area (Å²) in [5, 5.41) is 3.30. The summed E-state index contributed by atoms with van der Waals surface area (Å²) >= 11 is 9.41. The SMILES string of the molecule is COc1cccc(CCNC(=O)c2cccc(Br)c2Cl)c1. The second kappa shape index (κ2) is 7.48. The smallest absolute Gasteiger partial charge is 0.252 e. The van der Waals surface area contributed by atoms with Crippen LogP contribution in [0.3, 0.4) is 0 Å². The maximum Gasteiger partial charge on any atom is 0.252 e. The van der Waals surface area contributed by atoms with Crippen molar-refractivity contribution in [3.05, 3.63) is 63.1 Å². The molecule has 21 heavy (non-hydrogen) atoms. The summed E-state index contributed by atoms with van der Waals surface area (Å²) in [6.07, 6.45) is 0.731. The fraction of sp³-hybridized carbons (Fsp3) is 0.188. The van der Waals surface area contributed by atoms with E-state index in [1.54, 1.807) is 25.3 Å². The van der Waals surface area contributed by atoms with Crippen LogP contribution >= 0.6 is 27.5 Å². The van der Waals surface area contributed by atoms with E-state index in [2.05, 4.69) is 21.2 Å². The molecule has 2 rings (SSSR count). The van der Waals surface area contributed by atoms with E-state index >= 15 is 0 Å². The van der Waals surface area contributed by atoms with Crippen LogP contribution in [-0.4, -0.2) is 19.6 Å². The molecular formula is C16H15BrClNO2. The van der Waals surface area contributed by atoms with Crippen molar-refractivity contribution in [3.8, 4) is 5.75 Å². The predicted molar refractivity (Wildman–Crippen MR) is 88.2 cm³/mol. The number of hydrogen-bond donors (Lipinski definition) is 1. The fourth-order valence-corrected chi connectivity index (χ4v) is 2.50. The first-order valence-corrected chi connectivity index (χ1v) is 7.64. The number of nitrogens with one attached hydrogen (secondary N) is 1. The number of carbonyl (C=O) groups is 1. The molecule has 0 spiro atoms. The lowest BCUT2D eigenvalue weighted by Crippen LogP contribution is -2.26. The summed E-state index contributed by atoms with van der Waals surface area (Å²) < 4.78 is 5.88. The minimum Gasteiger partial charge on any atom is -0.497 e. The summed E-state index contributed by atoms with van der Waals surface area (Å²) in [5.41, 5.74) is 1.58. The molecule has 0 saturated carbocycles. The van der Waals surface area contributed by atoms with Crippen molar-refractivity contribution in [1.29, 1.82) is 0 Å². The summed E-state index contributed by atoms with van der Waals surface area (Å²) in [6.45, 7) is 0.537. The first-order chi connectivity index (χ1) is 10.1. The highest BCUT2D eigenvalue weighted by atomic mass is 79.9. The van der Waals surface area contributed by atoms with Gasteiger partial charge in [0.15, 0.2) is 0 Å². The molecule has 0 saturated heterocycles. The van der Waals surface area contributed by atoms with Crippen LogP contribution in [-0.2, 0) is 6.42 Å². The van der Waals surface area contributed by atoms with Crippen molar-refractivity contribution in [3.63, 3.8) is 0 Å². The quantitative estimate of drug-likeness (QED) is 0.863. The Hall–Kier alpha value is -1.52. The number of halogens is 2. The van der Waals surface area contributed by atoms with Gasteiger partial charge in [-0.2, -0.15) is 0 Å². The van der Waals surface area contributed by atoms with Crippen LogP contribution < -0.4 is 10.1 Å². The monoisotopic (exact) mass is 367 g/mol. The van der Waals surface area contributed by atoms with Crippen molar-refractivity contribution < 1.29 is 9.53 Å². The van der Waals surface area contributed by atoms with E-state index in [-0.39, 0.29) is 5.91 Å². The third-order valence-electron chi connectivity index (χ3n) is 3.03. The van der Waals surface area contributed by atoms with Crippen LogP contribution in [0.15, 0.2) is 46.9 Å². The molecule has 0 heterocycles. The van der Waals surface area contributed by atoms with Gasteiger partial charge < -0.3 is 10.1 Å². The molecule has 0 atom stereocenters. The number of benzene rings is 2. The Morgan fingerprint density at radius 1 is 1.29 bits per heavy atom. The maximum absolute atomic E-state index is 12.1. The van der Waals surface area contributed by atoms with Crippen molar-refractivity contribution in [1.82, 2.24) is 5.32 Å². The van der Waals surface area contributed by atoms with Gasteiger partial charge >= 0.3 is 0 Å². The van der Waals surface area contributed by atoms with Gasteiger partial charge in [0.05, 0.1) is 17.7 Å². The van der Waals surface area contributed by atoms with Crippen molar-refractivity contribution in [2.24, 2.45) is 0 Å². The van der Waals surface area contributed by atoms with E-state index in [4.69, 9.17) is 16.3 Å². The molecule has 0 aromatic heterocycles. The number of carbonyl (C=O) groups excluding carboxylic acids is 1. The van der Waals surface area contributed by atoms with E-state index in [9.17, 15) is 4.79 Å². The molecule has 0 aliphatic carbocycles. The first-order valence-electron chi connectivity index (χ1n) is 6.47. The number of ether oxygens (including phenoxy) is 1. The lowest BCUT2D eigenvalue weighted by atomic mass is 10.1. The Bertz CT molecular complexity index is 646. The van der Waals surface area contributed by atoms with Gasteiger partial charge in [0.25, 0.3) is 5.91 Å². The Balaban J connectivity index is 1.94. The standard InChI is InChI=1S/C16H15BrClNO2/c1-21-12-5-2-4-11(10-12)8-9-19-16(20)13-6-3-7-14(17)15(13)18/h2-7,10H,8-9H2,1H3,(H,19,20). The minimum atomic E-state index is -0.177. The van der Waals surface area contributed by atoms with Gasteiger partial charge in [0.1, 0.15) is 5.75 Å². The van der Waals surface area contributed by atoms with Gasteiger partial charge in [-0.05, 0) is 52.2 Å². The Morgan fingerprint density at radius 2 is 2.05 bits per heavy atom. The van der Waals surface area contributed by atoms with Crippen molar-refractivity contribution >= 4 is 33.4 Å². The number of rotatable bonds is 5. The molecule has 0 fully saturated rings. The van der Waals surface area contributed by atoms with Crippen molar-refractivity contribution in [2.75, 3.05) is 13.7 Å². The largest absolute Gasteiger partial charge is 0.497 e. The van der Waals surface area contributed by atoms with Gasteiger partial charge in [0, 0.05) is 11.0 Å². The third-order valence-corrected chi connectivity index (χ3v) is 4.33. The zero-order valence-corrected chi connectivity index (χ0v) is 13.9. The molecule has 0 bridgehead atoms. The van der Waals surface area contributed by atoms with E-state index in [1.807, 2.05) is 24.3 Å². The van der Waals surface area contributed by atoms with Crippen LogP contribution in [0, 0.1) is 0 Å². The van der Waals surface area contributed by atoms with Gasteiger partial charge in [-0.1, -0.05) is 29.8 Å². The third kappa shape index (κ3) is 4.22. The van der Waals surface area contributed by atoms with Crippen LogP contribution in [0.4, 0.5) is 0 Å². The summed E-state index contributed by atoms with van der Waals surface area (Å²) in [6, 6.07) is 13.1. The lowest BCUT2D eigenvalue weighted by molar-refractivity contribution is 0.0954. The number of methoxy groups -OCH3 is 1. The Labute approximate surface area is 137 Å². The minimum absolute atomic E-state index is 0.177. The zero-order valence-electron chi connectivity index (χ0n) is 11.5. The van der Waals surface area contributed by atoms with Crippen LogP contribution in [0.5, 0.6) is 5.75 Å². The Kier molecular flexibility index (Phi) is 5.65. The molecule has 5 heteroatoms. The van der Waals surface area contributed by atoms with Crippen LogP contribution in [0.1, 0.15) is 15.9 Å².